The molecular formula is C19H18N2O3. The highest BCUT2D eigenvalue weighted by atomic mass is 16.5. The standard InChI is InChI=1S/C19H18N2O3/c1-13-5-4-6-16(9-13)21-19(22)15(12-20)10-14-7-8-17(23-2)11-18(14)24-3/h4-11H,1-3H3,(H,21,22)/b15-10-. The van der Waals surface area contributed by atoms with Crippen molar-refractivity contribution >= 4 is 17.7 Å². The molecule has 0 aliphatic heterocycles. The second-order valence-corrected chi connectivity index (χ2v) is 5.10. The number of nitrogens with one attached hydrogen (secondary N) is 1. The maximum absolute atomic E-state index is 12.3. The zero-order chi connectivity index (χ0) is 17.5. The number of ether oxygens (including phenoxy) is 2. The predicted molar refractivity (Wildman–Crippen MR) is 92.9 cm³/mol. The first-order valence-electron chi connectivity index (χ1n) is 7.29. The minimum atomic E-state index is -0.471. The van der Waals surface area contributed by atoms with E-state index in [-0.39, 0.29) is 5.57 Å². The second kappa shape index (κ2) is 7.84. The summed E-state index contributed by atoms with van der Waals surface area (Å²) in [4.78, 5) is 12.3. The van der Waals surface area contributed by atoms with Crippen molar-refractivity contribution in [1.29, 1.82) is 5.26 Å². The molecule has 2 rings (SSSR count). The van der Waals surface area contributed by atoms with Crippen LogP contribution in [0.1, 0.15) is 11.1 Å². The van der Waals surface area contributed by atoms with Gasteiger partial charge < -0.3 is 14.8 Å². The van der Waals surface area contributed by atoms with Crippen LogP contribution in [0.15, 0.2) is 48.0 Å². The van der Waals surface area contributed by atoms with Gasteiger partial charge in [-0.3, -0.25) is 4.79 Å². The van der Waals surface area contributed by atoms with Crippen molar-refractivity contribution in [3.05, 3.63) is 59.2 Å². The number of hydrogen-bond donors (Lipinski definition) is 1. The Morgan fingerprint density at radius 3 is 2.58 bits per heavy atom. The lowest BCUT2D eigenvalue weighted by atomic mass is 10.1. The number of carbonyl (C=O) groups excluding carboxylic acids is 1. The van der Waals surface area contributed by atoms with Gasteiger partial charge in [0, 0.05) is 17.3 Å². The number of hydrogen-bond acceptors (Lipinski definition) is 4. The summed E-state index contributed by atoms with van der Waals surface area (Å²) in [6, 6.07) is 14.5. The summed E-state index contributed by atoms with van der Waals surface area (Å²) in [5.41, 5.74) is 2.27. The molecule has 0 fully saturated rings. The van der Waals surface area contributed by atoms with Crippen molar-refractivity contribution < 1.29 is 14.3 Å². The van der Waals surface area contributed by atoms with Crippen molar-refractivity contribution in [2.45, 2.75) is 6.92 Å². The summed E-state index contributed by atoms with van der Waals surface area (Å²) in [6.45, 7) is 1.93. The van der Waals surface area contributed by atoms with Crippen molar-refractivity contribution in [1.82, 2.24) is 0 Å². The largest absolute Gasteiger partial charge is 0.497 e. The van der Waals surface area contributed by atoms with E-state index in [1.807, 2.05) is 31.2 Å². The number of aryl methyl sites for hydroxylation is 1. The molecule has 0 saturated heterocycles. The van der Waals surface area contributed by atoms with Crippen LogP contribution in [0.25, 0.3) is 6.08 Å². The fraction of sp³-hybridized carbons (Fsp3) is 0.158. The predicted octanol–water partition coefficient (Wildman–Crippen LogP) is 3.56. The van der Waals surface area contributed by atoms with Crippen LogP contribution in [-0.2, 0) is 4.79 Å². The van der Waals surface area contributed by atoms with Gasteiger partial charge in [0.15, 0.2) is 0 Å². The van der Waals surface area contributed by atoms with E-state index < -0.39 is 5.91 Å². The third-order valence-electron chi connectivity index (χ3n) is 3.38. The summed E-state index contributed by atoms with van der Waals surface area (Å²) in [5.74, 6) is 0.679. The Bertz CT molecular complexity index is 820. The Morgan fingerprint density at radius 1 is 1.17 bits per heavy atom. The Balaban J connectivity index is 2.29. The van der Waals surface area contributed by atoms with Crippen molar-refractivity contribution in [3.8, 4) is 17.6 Å². The average Bonchev–Trinajstić information content (AvgIpc) is 2.59. The van der Waals surface area contributed by atoms with E-state index in [2.05, 4.69) is 5.32 Å². The molecule has 0 aliphatic carbocycles. The maximum atomic E-state index is 12.3. The van der Waals surface area contributed by atoms with E-state index in [9.17, 15) is 10.1 Å². The number of anilines is 1. The number of benzene rings is 2. The molecule has 0 aliphatic rings. The summed E-state index contributed by atoms with van der Waals surface area (Å²) in [6.07, 6.45) is 1.49. The number of nitrogens with zero attached hydrogens (tertiary/aromatic N) is 1. The number of amides is 1. The van der Waals surface area contributed by atoms with Gasteiger partial charge in [0.25, 0.3) is 5.91 Å². The third kappa shape index (κ3) is 4.14. The summed E-state index contributed by atoms with van der Waals surface area (Å²) < 4.78 is 10.4. The highest BCUT2D eigenvalue weighted by Crippen LogP contribution is 2.26. The van der Waals surface area contributed by atoms with E-state index in [0.717, 1.165) is 5.56 Å². The minimum Gasteiger partial charge on any atom is -0.497 e. The highest BCUT2D eigenvalue weighted by molar-refractivity contribution is 6.09. The SMILES string of the molecule is COc1ccc(/C=C(/C#N)C(=O)Nc2cccc(C)c2)c(OC)c1. The lowest BCUT2D eigenvalue weighted by Crippen LogP contribution is -2.13. The number of methoxy groups -OCH3 is 2. The Labute approximate surface area is 141 Å². The molecule has 5 nitrogen and oxygen atoms in total. The molecule has 0 atom stereocenters. The molecule has 0 aromatic heterocycles. The van der Waals surface area contributed by atoms with Crippen LogP contribution in [-0.4, -0.2) is 20.1 Å². The molecule has 0 spiro atoms. The van der Waals surface area contributed by atoms with Gasteiger partial charge >= 0.3 is 0 Å². The van der Waals surface area contributed by atoms with Crippen LogP contribution < -0.4 is 14.8 Å². The van der Waals surface area contributed by atoms with Gasteiger partial charge in [-0.25, -0.2) is 0 Å². The molecule has 5 heteroatoms. The Kier molecular flexibility index (Phi) is 5.58. The van der Waals surface area contributed by atoms with Gasteiger partial charge in [0.1, 0.15) is 23.1 Å². The topological polar surface area (TPSA) is 71.3 Å². The van der Waals surface area contributed by atoms with Gasteiger partial charge in [-0.1, -0.05) is 12.1 Å². The van der Waals surface area contributed by atoms with E-state index in [1.165, 1.54) is 13.2 Å². The summed E-state index contributed by atoms with van der Waals surface area (Å²) in [7, 11) is 3.07. The van der Waals surface area contributed by atoms with Crippen molar-refractivity contribution in [3.63, 3.8) is 0 Å². The van der Waals surface area contributed by atoms with E-state index in [0.29, 0.717) is 22.7 Å². The van der Waals surface area contributed by atoms with Gasteiger partial charge in [0.2, 0.25) is 0 Å². The third-order valence-corrected chi connectivity index (χ3v) is 3.38. The molecule has 0 saturated carbocycles. The highest BCUT2D eigenvalue weighted by Gasteiger charge is 2.12. The van der Waals surface area contributed by atoms with Crippen LogP contribution in [0.5, 0.6) is 11.5 Å². The lowest BCUT2D eigenvalue weighted by molar-refractivity contribution is -0.112. The minimum absolute atomic E-state index is 0.0139. The van der Waals surface area contributed by atoms with E-state index >= 15 is 0 Å². The molecule has 0 heterocycles. The fourth-order valence-electron chi connectivity index (χ4n) is 2.16. The summed E-state index contributed by atoms with van der Waals surface area (Å²) in [5, 5.41) is 12.0. The quantitative estimate of drug-likeness (QED) is 0.675. The molecular weight excluding hydrogens is 304 g/mol. The van der Waals surface area contributed by atoms with Crippen LogP contribution in [0.3, 0.4) is 0 Å². The first-order chi connectivity index (χ1) is 11.6. The summed E-state index contributed by atoms with van der Waals surface area (Å²) >= 11 is 0. The molecule has 2 aromatic carbocycles. The van der Waals surface area contributed by atoms with Crippen molar-refractivity contribution in [2.24, 2.45) is 0 Å². The lowest BCUT2D eigenvalue weighted by Gasteiger charge is -2.08. The monoisotopic (exact) mass is 322 g/mol. The van der Waals surface area contributed by atoms with Gasteiger partial charge in [-0.2, -0.15) is 5.26 Å². The molecule has 0 radical (unpaired) electrons. The second-order valence-electron chi connectivity index (χ2n) is 5.10. The molecule has 24 heavy (non-hydrogen) atoms. The molecule has 0 unspecified atom stereocenters. The molecule has 0 bridgehead atoms. The van der Waals surface area contributed by atoms with Gasteiger partial charge in [-0.15, -0.1) is 0 Å². The Morgan fingerprint density at radius 2 is 1.96 bits per heavy atom. The fourth-order valence-corrected chi connectivity index (χ4v) is 2.16. The van der Waals surface area contributed by atoms with E-state index in [1.54, 1.807) is 31.4 Å². The average molecular weight is 322 g/mol. The number of nitriles is 1. The van der Waals surface area contributed by atoms with E-state index in [4.69, 9.17) is 9.47 Å². The first-order valence-corrected chi connectivity index (χ1v) is 7.29. The molecule has 2 aromatic rings. The smallest absolute Gasteiger partial charge is 0.266 e. The zero-order valence-corrected chi connectivity index (χ0v) is 13.8. The molecule has 1 N–H and O–H groups in total. The zero-order valence-electron chi connectivity index (χ0n) is 13.8. The maximum Gasteiger partial charge on any atom is 0.266 e. The van der Waals surface area contributed by atoms with Crippen LogP contribution in [0, 0.1) is 18.3 Å². The van der Waals surface area contributed by atoms with Gasteiger partial charge in [-0.05, 0) is 42.8 Å². The number of rotatable bonds is 5. The normalized spacial score (nSPS) is 10.7. The van der Waals surface area contributed by atoms with Crippen LogP contribution in [0.4, 0.5) is 5.69 Å². The molecule has 1 amide bonds. The Hall–Kier alpha value is -3.26. The van der Waals surface area contributed by atoms with Crippen molar-refractivity contribution in [2.75, 3.05) is 19.5 Å². The number of carbonyl (C=O) groups is 1. The first kappa shape index (κ1) is 17.1. The molecule has 122 valence electrons. The van der Waals surface area contributed by atoms with Gasteiger partial charge in [0.05, 0.1) is 14.2 Å². The van der Waals surface area contributed by atoms with Crippen LogP contribution >= 0.6 is 0 Å². The van der Waals surface area contributed by atoms with Crippen LogP contribution in [0.2, 0.25) is 0 Å².